The van der Waals surface area contributed by atoms with E-state index in [4.69, 9.17) is 0 Å². The molecule has 0 unspecified atom stereocenters. The average Bonchev–Trinajstić information content (AvgIpc) is 2.72. The number of nitrogens with one attached hydrogen (secondary N) is 1. The van der Waals surface area contributed by atoms with Gasteiger partial charge < -0.3 is 5.32 Å². The monoisotopic (exact) mass is 145 g/mol. The van der Waals surface area contributed by atoms with Crippen molar-refractivity contribution in [3.8, 4) is 0 Å². The van der Waals surface area contributed by atoms with Crippen LogP contribution in [0.5, 0.6) is 0 Å². The van der Waals surface area contributed by atoms with Crippen LogP contribution in [0.1, 0.15) is 24.0 Å². The summed E-state index contributed by atoms with van der Waals surface area (Å²) in [5, 5.41) is 3.57. The maximum absolute atomic E-state index is 3.57. The summed E-state index contributed by atoms with van der Waals surface area (Å²) in [7, 11) is 0. The Labute approximate surface area is 66.4 Å². The van der Waals surface area contributed by atoms with Crippen molar-refractivity contribution in [3.05, 3.63) is 35.4 Å². The second kappa shape index (κ2) is 1.67. The first-order valence-corrected chi connectivity index (χ1v) is 4.24. The number of hydrogen-bond donors (Lipinski definition) is 1. The number of benzene rings is 1. The van der Waals surface area contributed by atoms with Gasteiger partial charge in [0.2, 0.25) is 0 Å². The third-order valence-corrected chi connectivity index (χ3v) is 2.90. The minimum atomic E-state index is 0.427. The van der Waals surface area contributed by atoms with Gasteiger partial charge in [-0.1, -0.05) is 24.3 Å². The zero-order valence-electron chi connectivity index (χ0n) is 6.43. The molecule has 0 bridgehead atoms. The van der Waals surface area contributed by atoms with Gasteiger partial charge in [0.1, 0.15) is 0 Å². The fourth-order valence-corrected chi connectivity index (χ4v) is 2.07. The summed E-state index contributed by atoms with van der Waals surface area (Å²) < 4.78 is 0. The summed E-state index contributed by atoms with van der Waals surface area (Å²) in [6, 6.07) is 8.77. The number of hydrogen-bond acceptors (Lipinski definition) is 1. The Morgan fingerprint density at radius 1 is 1.18 bits per heavy atom. The zero-order valence-corrected chi connectivity index (χ0v) is 6.43. The molecule has 1 heteroatoms. The van der Waals surface area contributed by atoms with Gasteiger partial charge in [0.05, 0.1) is 0 Å². The molecule has 2 aliphatic rings. The maximum atomic E-state index is 3.57. The molecule has 1 aliphatic heterocycles. The highest BCUT2D eigenvalue weighted by molar-refractivity contribution is 5.41. The van der Waals surface area contributed by atoms with E-state index in [1.54, 1.807) is 5.56 Å². The molecule has 1 nitrogen and oxygen atoms in total. The van der Waals surface area contributed by atoms with E-state index >= 15 is 0 Å². The van der Waals surface area contributed by atoms with Crippen LogP contribution in [0.4, 0.5) is 0 Å². The Bertz CT molecular complexity index is 299. The van der Waals surface area contributed by atoms with Crippen molar-refractivity contribution < 1.29 is 0 Å². The standard InChI is InChI=1S/C10H11N/c1-2-4-9-8(3-1)7-11-10(9)5-6-10/h1-4,11H,5-7H2. The first-order valence-electron chi connectivity index (χ1n) is 4.24. The Balaban J connectivity index is 2.21. The molecule has 11 heavy (non-hydrogen) atoms. The van der Waals surface area contributed by atoms with Gasteiger partial charge >= 0.3 is 0 Å². The van der Waals surface area contributed by atoms with E-state index in [1.807, 2.05) is 0 Å². The molecule has 1 aromatic rings. The lowest BCUT2D eigenvalue weighted by molar-refractivity contribution is 0.574. The van der Waals surface area contributed by atoms with E-state index in [2.05, 4.69) is 29.6 Å². The Hall–Kier alpha value is -0.820. The van der Waals surface area contributed by atoms with Crippen molar-refractivity contribution in [2.45, 2.75) is 24.9 Å². The molecule has 3 rings (SSSR count). The van der Waals surface area contributed by atoms with Gasteiger partial charge in [0.15, 0.2) is 0 Å². The minimum absolute atomic E-state index is 0.427. The summed E-state index contributed by atoms with van der Waals surface area (Å²) >= 11 is 0. The van der Waals surface area contributed by atoms with Crippen molar-refractivity contribution in [2.24, 2.45) is 0 Å². The van der Waals surface area contributed by atoms with Gasteiger partial charge in [0.25, 0.3) is 0 Å². The van der Waals surface area contributed by atoms with Crippen LogP contribution in [0, 0.1) is 0 Å². The molecule has 0 amide bonds. The van der Waals surface area contributed by atoms with Crippen molar-refractivity contribution in [1.29, 1.82) is 0 Å². The normalized spacial score (nSPS) is 23.6. The predicted molar refractivity (Wildman–Crippen MR) is 44.2 cm³/mol. The molecule has 1 N–H and O–H groups in total. The first-order chi connectivity index (χ1) is 5.41. The lowest BCUT2D eigenvalue weighted by atomic mass is 10.0. The quantitative estimate of drug-likeness (QED) is 0.586. The van der Waals surface area contributed by atoms with Gasteiger partial charge in [-0.15, -0.1) is 0 Å². The Kier molecular flexibility index (Phi) is 0.878. The molecule has 0 aromatic heterocycles. The smallest absolute Gasteiger partial charge is 0.0442 e. The molecule has 56 valence electrons. The fraction of sp³-hybridized carbons (Fsp3) is 0.400. The average molecular weight is 145 g/mol. The summed E-state index contributed by atoms with van der Waals surface area (Å²) in [5.74, 6) is 0. The van der Waals surface area contributed by atoms with Crippen LogP contribution in [0.2, 0.25) is 0 Å². The van der Waals surface area contributed by atoms with E-state index in [9.17, 15) is 0 Å². The molecule has 0 radical (unpaired) electrons. The lowest BCUT2D eigenvalue weighted by Gasteiger charge is -2.06. The molecule has 1 spiro atoms. The molecule has 1 aliphatic carbocycles. The highest BCUT2D eigenvalue weighted by Gasteiger charge is 2.48. The van der Waals surface area contributed by atoms with Crippen molar-refractivity contribution >= 4 is 0 Å². The second-order valence-electron chi connectivity index (χ2n) is 3.59. The van der Waals surface area contributed by atoms with Gasteiger partial charge in [-0.25, -0.2) is 0 Å². The highest BCUT2D eigenvalue weighted by Crippen LogP contribution is 2.49. The fourth-order valence-electron chi connectivity index (χ4n) is 2.07. The van der Waals surface area contributed by atoms with Crippen LogP contribution in [-0.4, -0.2) is 0 Å². The lowest BCUT2D eigenvalue weighted by Crippen LogP contribution is -2.19. The molecular weight excluding hydrogens is 134 g/mol. The summed E-state index contributed by atoms with van der Waals surface area (Å²) in [5.41, 5.74) is 3.49. The predicted octanol–water partition coefficient (Wildman–Crippen LogP) is 1.78. The largest absolute Gasteiger partial charge is 0.303 e. The van der Waals surface area contributed by atoms with Crippen LogP contribution >= 0.6 is 0 Å². The molecule has 0 atom stereocenters. The Morgan fingerprint density at radius 2 is 2.00 bits per heavy atom. The zero-order chi connectivity index (χ0) is 7.31. The molecule has 0 saturated heterocycles. The van der Waals surface area contributed by atoms with E-state index < -0.39 is 0 Å². The highest BCUT2D eigenvalue weighted by atomic mass is 15.0. The van der Waals surface area contributed by atoms with Gasteiger partial charge in [-0.2, -0.15) is 0 Å². The SMILES string of the molecule is c1ccc2c(c1)CNC21CC1. The van der Waals surface area contributed by atoms with Crippen molar-refractivity contribution in [2.75, 3.05) is 0 Å². The minimum Gasteiger partial charge on any atom is -0.303 e. The van der Waals surface area contributed by atoms with Gasteiger partial charge in [-0.05, 0) is 24.0 Å². The molecule has 1 saturated carbocycles. The van der Waals surface area contributed by atoms with Crippen LogP contribution in [0.15, 0.2) is 24.3 Å². The van der Waals surface area contributed by atoms with Crippen LogP contribution in [0.25, 0.3) is 0 Å². The van der Waals surface area contributed by atoms with E-state index in [0.717, 1.165) is 6.54 Å². The summed E-state index contributed by atoms with van der Waals surface area (Å²) in [4.78, 5) is 0. The third-order valence-electron chi connectivity index (χ3n) is 2.90. The maximum Gasteiger partial charge on any atom is 0.0442 e. The molecular formula is C10H11N. The molecule has 1 heterocycles. The van der Waals surface area contributed by atoms with Crippen LogP contribution in [0.3, 0.4) is 0 Å². The van der Waals surface area contributed by atoms with Crippen LogP contribution < -0.4 is 5.32 Å². The van der Waals surface area contributed by atoms with Gasteiger partial charge in [-0.3, -0.25) is 0 Å². The van der Waals surface area contributed by atoms with Crippen molar-refractivity contribution in [1.82, 2.24) is 5.32 Å². The molecule has 1 fully saturated rings. The van der Waals surface area contributed by atoms with Crippen molar-refractivity contribution in [3.63, 3.8) is 0 Å². The van der Waals surface area contributed by atoms with Crippen LogP contribution in [-0.2, 0) is 12.1 Å². The topological polar surface area (TPSA) is 12.0 Å². The van der Waals surface area contributed by atoms with Gasteiger partial charge in [0, 0.05) is 12.1 Å². The number of fused-ring (bicyclic) bond motifs is 2. The molecule has 1 aromatic carbocycles. The Morgan fingerprint density at radius 3 is 2.82 bits per heavy atom. The number of rotatable bonds is 0. The van der Waals surface area contributed by atoms with E-state index in [0.29, 0.717) is 5.54 Å². The summed E-state index contributed by atoms with van der Waals surface area (Å²) in [6.45, 7) is 1.08. The first kappa shape index (κ1) is 5.78. The summed E-state index contributed by atoms with van der Waals surface area (Å²) in [6.07, 6.45) is 2.67. The second-order valence-corrected chi connectivity index (χ2v) is 3.59. The van der Waals surface area contributed by atoms with E-state index in [1.165, 1.54) is 18.4 Å². The third kappa shape index (κ3) is 0.641. The van der Waals surface area contributed by atoms with E-state index in [-0.39, 0.29) is 0 Å².